The smallest absolute Gasteiger partial charge is 0.228 e. The number of aryl methyl sites for hydroxylation is 1. The van der Waals surface area contributed by atoms with E-state index in [0.717, 1.165) is 31.5 Å². The van der Waals surface area contributed by atoms with Gasteiger partial charge in [-0.2, -0.15) is 0 Å². The summed E-state index contributed by atoms with van der Waals surface area (Å²) in [6, 6.07) is 2.08. The fourth-order valence-corrected chi connectivity index (χ4v) is 3.85. The summed E-state index contributed by atoms with van der Waals surface area (Å²) < 4.78 is 0. The summed E-state index contributed by atoms with van der Waals surface area (Å²) in [6.07, 6.45) is 7.52. The predicted octanol–water partition coefficient (Wildman–Crippen LogP) is 3.16. The fraction of sp³-hybridized carbons (Fsp3) is 0.467. The van der Waals surface area contributed by atoms with Gasteiger partial charge < -0.3 is 10.3 Å². The highest BCUT2D eigenvalue weighted by Crippen LogP contribution is 2.35. The minimum absolute atomic E-state index is 0.00834. The molecule has 0 aliphatic heterocycles. The molecule has 106 valence electrons. The van der Waals surface area contributed by atoms with Crippen LogP contribution in [-0.4, -0.2) is 15.9 Å². The first-order valence-corrected chi connectivity index (χ1v) is 8.03. The van der Waals surface area contributed by atoms with Gasteiger partial charge in [-0.25, -0.2) is 4.98 Å². The van der Waals surface area contributed by atoms with Crippen LogP contribution >= 0.6 is 11.3 Å². The van der Waals surface area contributed by atoms with Crippen molar-refractivity contribution in [2.45, 2.75) is 44.6 Å². The number of hydrogen-bond acceptors (Lipinski definition) is 3. The van der Waals surface area contributed by atoms with Crippen LogP contribution in [-0.2, 0) is 11.2 Å². The largest absolute Gasteiger partial charge is 0.347 e. The average molecular weight is 289 g/mol. The molecule has 4 nitrogen and oxygen atoms in total. The Bertz CT molecular complexity index is 576. The van der Waals surface area contributed by atoms with E-state index in [4.69, 9.17) is 0 Å². The Balaban J connectivity index is 1.74. The van der Waals surface area contributed by atoms with Gasteiger partial charge in [-0.05, 0) is 42.7 Å². The number of carbonyl (C=O) groups is 1. The monoisotopic (exact) mass is 289 g/mol. The number of aromatic nitrogens is 2. The first-order chi connectivity index (χ1) is 9.79. The maximum Gasteiger partial charge on any atom is 0.228 e. The number of aromatic amines is 1. The average Bonchev–Trinajstić information content (AvgIpc) is 3.14. The molecular formula is C15H19N3OS. The minimum Gasteiger partial charge on any atom is -0.347 e. The van der Waals surface area contributed by atoms with Crippen molar-refractivity contribution in [1.29, 1.82) is 0 Å². The summed E-state index contributed by atoms with van der Waals surface area (Å²) in [7, 11) is 0. The number of fused-ring (bicyclic) bond motifs is 1. The third kappa shape index (κ3) is 2.50. The third-order valence-electron chi connectivity index (χ3n) is 3.94. The zero-order valence-corrected chi connectivity index (χ0v) is 12.4. The molecule has 2 unspecified atom stereocenters. The van der Waals surface area contributed by atoms with Gasteiger partial charge in [0.2, 0.25) is 5.91 Å². The molecule has 1 aliphatic carbocycles. The van der Waals surface area contributed by atoms with Crippen molar-refractivity contribution in [2.75, 3.05) is 0 Å². The lowest BCUT2D eigenvalue weighted by Gasteiger charge is -2.24. The number of amides is 1. The summed E-state index contributed by atoms with van der Waals surface area (Å²) >= 11 is 1.77. The second-order valence-electron chi connectivity index (χ2n) is 5.19. The van der Waals surface area contributed by atoms with Gasteiger partial charge in [0.15, 0.2) is 0 Å². The Morgan fingerprint density at radius 1 is 1.65 bits per heavy atom. The molecule has 5 heteroatoms. The summed E-state index contributed by atoms with van der Waals surface area (Å²) in [6.45, 7) is 2.06. The molecule has 0 radical (unpaired) electrons. The number of hydrogen-bond donors (Lipinski definition) is 2. The van der Waals surface area contributed by atoms with Gasteiger partial charge in [0, 0.05) is 17.3 Å². The van der Waals surface area contributed by atoms with Gasteiger partial charge in [-0.3, -0.25) is 4.79 Å². The van der Waals surface area contributed by atoms with Crippen LogP contribution in [0.15, 0.2) is 23.8 Å². The first kappa shape index (κ1) is 13.4. The fourth-order valence-electron chi connectivity index (χ4n) is 2.86. The summed E-state index contributed by atoms with van der Waals surface area (Å²) in [4.78, 5) is 21.3. The molecule has 1 aliphatic rings. The summed E-state index contributed by atoms with van der Waals surface area (Å²) in [5, 5.41) is 5.24. The quantitative estimate of drug-likeness (QED) is 0.908. The van der Waals surface area contributed by atoms with Gasteiger partial charge in [0.1, 0.15) is 5.82 Å². The predicted molar refractivity (Wildman–Crippen MR) is 79.8 cm³/mol. The van der Waals surface area contributed by atoms with E-state index in [1.165, 1.54) is 10.4 Å². The number of carbonyl (C=O) groups excluding carboxylic acids is 1. The van der Waals surface area contributed by atoms with Gasteiger partial charge in [0.05, 0.1) is 12.0 Å². The van der Waals surface area contributed by atoms with Crippen molar-refractivity contribution in [3.05, 3.63) is 40.1 Å². The maximum atomic E-state index is 12.6. The van der Waals surface area contributed by atoms with E-state index >= 15 is 0 Å². The van der Waals surface area contributed by atoms with Crippen LogP contribution in [0, 0.1) is 0 Å². The van der Waals surface area contributed by atoms with Crippen molar-refractivity contribution in [3.8, 4) is 0 Å². The number of rotatable bonds is 4. The highest BCUT2D eigenvalue weighted by molar-refractivity contribution is 7.10. The summed E-state index contributed by atoms with van der Waals surface area (Å²) in [5.74, 6) is 0.976. The van der Waals surface area contributed by atoms with Crippen LogP contribution < -0.4 is 5.32 Å². The molecule has 0 bridgehead atoms. The molecule has 1 amide bonds. The van der Waals surface area contributed by atoms with E-state index in [-0.39, 0.29) is 17.9 Å². The minimum atomic E-state index is -0.0264. The molecule has 20 heavy (non-hydrogen) atoms. The highest BCUT2D eigenvalue weighted by atomic mass is 32.1. The van der Waals surface area contributed by atoms with Crippen LogP contribution in [0.5, 0.6) is 0 Å². The first-order valence-electron chi connectivity index (χ1n) is 7.15. The van der Waals surface area contributed by atoms with Crippen LogP contribution in [0.4, 0.5) is 0 Å². The van der Waals surface area contributed by atoms with Gasteiger partial charge in [0.25, 0.3) is 0 Å². The van der Waals surface area contributed by atoms with Crippen LogP contribution in [0.3, 0.4) is 0 Å². The molecule has 3 rings (SSSR count). The summed E-state index contributed by atoms with van der Waals surface area (Å²) in [5.41, 5.74) is 1.23. The van der Waals surface area contributed by atoms with E-state index in [0.29, 0.717) is 0 Å². The Labute approximate surface area is 122 Å². The van der Waals surface area contributed by atoms with Crippen LogP contribution in [0.25, 0.3) is 0 Å². The molecule has 0 saturated carbocycles. The lowest BCUT2D eigenvalue weighted by Crippen LogP contribution is -2.34. The molecule has 0 aromatic carbocycles. The molecule has 2 N–H and O–H groups in total. The molecule has 2 aromatic rings. The van der Waals surface area contributed by atoms with Crippen LogP contribution in [0.2, 0.25) is 0 Å². The van der Waals surface area contributed by atoms with Crippen molar-refractivity contribution in [1.82, 2.24) is 15.3 Å². The topological polar surface area (TPSA) is 57.8 Å². The van der Waals surface area contributed by atoms with Crippen LogP contribution in [0.1, 0.15) is 54.4 Å². The standard InChI is InChI=1S/C15H19N3OS/c1-2-12(14-16-7-8-17-14)18-15(19)11-4-3-5-13-10(11)6-9-20-13/h6-9,11-12H,2-5H2,1H3,(H,16,17)(H,18,19). The van der Waals surface area contributed by atoms with E-state index in [1.54, 1.807) is 23.7 Å². The number of thiophene rings is 1. The number of H-pyrrole nitrogens is 1. The second-order valence-corrected chi connectivity index (χ2v) is 6.19. The van der Waals surface area contributed by atoms with E-state index < -0.39 is 0 Å². The maximum absolute atomic E-state index is 12.6. The third-order valence-corrected chi connectivity index (χ3v) is 4.94. The molecule has 2 aromatic heterocycles. The van der Waals surface area contributed by atoms with Gasteiger partial charge in [-0.15, -0.1) is 11.3 Å². The Kier molecular flexibility index (Phi) is 3.87. The molecular weight excluding hydrogens is 270 g/mol. The SMILES string of the molecule is CCC(NC(=O)C1CCCc2sccc21)c1ncc[nH]1. The number of imidazole rings is 1. The lowest BCUT2D eigenvalue weighted by molar-refractivity contribution is -0.123. The zero-order valence-electron chi connectivity index (χ0n) is 11.6. The Morgan fingerprint density at radius 2 is 2.55 bits per heavy atom. The highest BCUT2D eigenvalue weighted by Gasteiger charge is 2.28. The zero-order chi connectivity index (χ0) is 13.9. The van der Waals surface area contributed by atoms with Crippen molar-refractivity contribution in [2.24, 2.45) is 0 Å². The molecule has 2 heterocycles. The molecule has 0 saturated heterocycles. The van der Waals surface area contributed by atoms with E-state index in [2.05, 4.69) is 33.7 Å². The van der Waals surface area contributed by atoms with Crippen molar-refractivity contribution in [3.63, 3.8) is 0 Å². The number of nitrogens with zero attached hydrogens (tertiary/aromatic N) is 1. The lowest BCUT2D eigenvalue weighted by atomic mass is 9.87. The second kappa shape index (κ2) is 5.79. The molecule has 2 atom stereocenters. The normalized spacial score (nSPS) is 19.4. The van der Waals surface area contributed by atoms with Crippen molar-refractivity contribution < 1.29 is 4.79 Å². The van der Waals surface area contributed by atoms with Gasteiger partial charge >= 0.3 is 0 Å². The van der Waals surface area contributed by atoms with E-state index in [9.17, 15) is 4.79 Å². The van der Waals surface area contributed by atoms with E-state index in [1.807, 2.05) is 0 Å². The molecule has 0 spiro atoms. The molecule has 0 fully saturated rings. The Morgan fingerprint density at radius 3 is 3.30 bits per heavy atom. The van der Waals surface area contributed by atoms with Gasteiger partial charge in [-0.1, -0.05) is 6.92 Å². The Hall–Kier alpha value is -1.62. The number of nitrogens with one attached hydrogen (secondary N) is 2. The van der Waals surface area contributed by atoms with Crippen molar-refractivity contribution >= 4 is 17.2 Å².